The van der Waals surface area contributed by atoms with Gasteiger partial charge in [0.2, 0.25) is 11.8 Å². The number of carbonyl (C=O) groups excluding carboxylic acids is 2. The SMILES string of the molecule is CCN1CCCC1C(=O)N[C@@H](Cc1ccc(F)c(F)c1)C(=O)NCc1cnc2[nH]ccc2c1. The molecule has 3 aromatic rings. The number of aromatic nitrogens is 2. The second-order valence-corrected chi connectivity index (χ2v) is 8.28. The number of hydrogen-bond acceptors (Lipinski definition) is 4. The first kappa shape index (κ1) is 22.8. The van der Waals surface area contributed by atoms with E-state index in [2.05, 4.69) is 25.5 Å². The minimum Gasteiger partial charge on any atom is -0.350 e. The molecule has 1 aliphatic rings. The highest BCUT2D eigenvalue weighted by Gasteiger charge is 2.32. The molecule has 0 bridgehead atoms. The number of fused-ring (bicyclic) bond motifs is 1. The number of carbonyl (C=O) groups is 2. The number of nitrogens with zero attached hydrogens (tertiary/aromatic N) is 2. The average Bonchev–Trinajstić information content (AvgIpc) is 3.48. The van der Waals surface area contributed by atoms with Gasteiger partial charge in [0.25, 0.3) is 0 Å². The first-order valence-electron chi connectivity index (χ1n) is 11.1. The number of hydrogen-bond donors (Lipinski definition) is 3. The van der Waals surface area contributed by atoms with Crippen LogP contribution in [-0.4, -0.2) is 51.9 Å². The predicted molar refractivity (Wildman–Crippen MR) is 120 cm³/mol. The van der Waals surface area contributed by atoms with Crippen molar-refractivity contribution in [1.29, 1.82) is 0 Å². The number of aromatic amines is 1. The van der Waals surface area contributed by atoms with Crippen LogP contribution in [0.25, 0.3) is 11.0 Å². The van der Waals surface area contributed by atoms with Crippen LogP contribution in [0.3, 0.4) is 0 Å². The molecule has 1 fully saturated rings. The lowest BCUT2D eigenvalue weighted by atomic mass is 10.0. The highest BCUT2D eigenvalue weighted by atomic mass is 19.2. The predicted octanol–water partition coefficient (Wildman–Crippen LogP) is 2.67. The van der Waals surface area contributed by atoms with Crippen LogP contribution in [0.2, 0.25) is 0 Å². The van der Waals surface area contributed by atoms with Crippen LogP contribution in [-0.2, 0) is 22.6 Å². The van der Waals surface area contributed by atoms with Crippen LogP contribution in [0.15, 0.2) is 42.7 Å². The molecule has 9 heteroatoms. The van der Waals surface area contributed by atoms with Crippen LogP contribution in [0.1, 0.15) is 30.9 Å². The highest BCUT2D eigenvalue weighted by molar-refractivity contribution is 5.90. The van der Waals surface area contributed by atoms with E-state index in [9.17, 15) is 18.4 Å². The number of halogens is 2. The van der Waals surface area contributed by atoms with Crippen molar-refractivity contribution < 1.29 is 18.4 Å². The zero-order valence-electron chi connectivity index (χ0n) is 18.4. The third-order valence-electron chi connectivity index (χ3n) is 6.05. The zero-order chi connectivity index (χ0) is 23.4. The maximum Gasteiger partial charge on any atom is 0.243 e. The summed E-state index contributed by atoms with van der Waals surface area (Å²) < 4.78 is 27.1. The maximum atomic E-state index is 13.7. The van der Waals surface area contributed by atoms with E-state index in [0.717, 1.165) is 54.7 Å². The number of amides is 2. The number of rotatable bonds is 8. The van der Waals surface area contributed by atoms with Crippen LogP contribution in [0.4, 0.5) is 8.78 Å². The molecule has 2 aromatic heterocycles. The van der Waals surface area contributed by atoms with Gasteiger partial charge in [-0.15, -0.1) is 0 Å². The Kier molecular flexibility index (Phi) is 6.98. The fraction of sp³-hybridized carbons (Fsp3) is 0.375. The lowest BCUT2D eigenvalue weighted by Gasteiger charge is -2.25. The standard InChI is InChI=1S/C24H27F2N5O2/c1-2-31-9-3-4-21(31)24(33)30-20(12-15-5-6-18(25)19(26)11-15)23(32)29-14-16-10-17-7-8-27-22(17)28-13-16/h5-8,10-11,13,20-21H,2-4,9,12,14H2,1H3,(H,27,28)(H,29,32)(H,30,33)/t20-,21?/m0/s1. The van der Waals surface area contributed by atoms with E-state index >= 15 is 0 Å². The summed E-state index contributed by atoms with van der Waals surface area (Å²) in [6.45, 7) is 3.80. The summed E-state index contributed by atoms with van der Waals surface area (Å²) >= 11 is 0. The van der Waals surface area contributed by atoms with Crippen LogP contribution in [0.5, 0.6) is 0 Å². The van der Waals surface area contributed by atoms with Gasteiger partial charge in [0.1, 0.15) is 11.7 Å². The quantitative estimate of drug-likeness (QED) is 0.487. The molecule has 3 N–H and O–H groups in total. The van der Waals surface area contributed by atoms with Gasteiger partial charge in [-0.1, -0.05) is 13.0 Å². The Bertz CT molecular complexity index is 1150. The molecular weight excluding hydrogens is 428 g/mol. The average molecular weight is 456 g/mol. The Morgan fingerprint density at radius 2 is 2.06 bits per heavy atom. The minimum absolute atomic E-state index is 0.0444. The molecule has 4 rings (SSSR count). The van der Waals surface area contributed by atoms with Crippen molar-refractivity contribution in [3.8, 4) is 0 Å². The molecule has 1 saturated heterocycles. The van der Waals surface area contributed by atoms with Gasteiger partial charge >= 0.3 is 0 Å². The Balaban J connectivity index is 1.47. The second-order valence-electron chi connectivity index (χ2n) is 8.28. The van der Waals surface area contributed by atoms with Crippen molar-refractivity contribution in [2.45, 2.75) is 44.8 Å². The van der Waals surface area contributed by atoms with Gasteiger partial charge in [-0.05, 0) is 61.3 Å². The topological polar surface area (TPSA) is 90.1 Å². The number of pyridine rings is 1. The normalized spacial score (nSPS) is 17.2. The number of benzene rings is 1. The minimum atomic E-state index is -0.989. The molecule has 0 radical (unpaired) electrons. The highest BCUT2D eigenvalue weighted by Crippen LogP contribution is 2.18. The number of H-pyrrole nitrogens is 1. The zero-order valence-corrected chi connectivity index (χ0v) is 18.4. The molecule has 1 aromatic carbocycles. The molecule has 2 atom stereocenters. The van der Waals surface area contributed by atoms with Crippen LogP contribution in [0, 0.1) is 11.6 Å². The molecule has 1 aliphatic heterocycles. The largest absolute Gasteiger partial charge is 0.350 e. The number of nitrogens with one attached hydrogen (secondary N) is 3. The third-order valence-corrected chi connectivity index (χ3v) is 6.05. The van der Waals surface area contributed by atoms with Crippen molar-refractivity contribution in [3.05, 3.63) is 65.5 Å². The van der Waals surface area contributed by atoms with E-state index in [1.165, 1.54) is 6.07 Å². The van der Waals surface area contributed by atoms with Crippen molar-refractivity contribution in [1.82, 2.24) is 25.5 Å². The molecule has 0 spiro atoms. The summed E-state index contributed by atoms with van der Waals surface area (Å²) in [5.41, 5.74) is 1.98. The second kappa shape index (κ2) is 10.1. The van der Waals surface area contributed by atoms with Crippen LogP contribution >= 0.6 is 0 Å². The smallest absolute Gasteiger partial charge is 0.243 e. The fourth-order valence-corrected chi connectivity index (χ4v) is 4.28. The number of likely N-dealkylation sites (tertiary alicyclic amines) is 1. The molecule has 7 nitrogen and oxygen atoms in total. The van der Waals surface area contributed by atoms with Gasteiger partial charge in [0.15, 0.2) is 11.6 Å². The lowest BCUT2D eigenvalue weighted by molar-refractivity contribution is -0.131. The van der Waals surface area contributed by atoms with Crippen molar-refractivity contribution >= 4 is 22.8 Å². The molecule has 2 amide bonds. The Morgan fingerprint density at radius 3 is 2.85 bits per heavy atom. The van der Waals surface area contributed by atoms with Gasteiger partial charge in [-0.3, -0.25) is 14.5 Å². The van der Waals surface area contributed by atoms with E-state index in [1.807, 2.05) is 19.1 Å². The van der Waals surface area contributed by atoms with Gasteiger partial charge < -0.3 is 15.6 Å². The number of likely N-dealkylation sites (N-methyl/N-ethyl adjacent to an activating group) is 1. The van der Waals surface area contributed by atoms with E-state index < -0.39 is 23.6 Å². The van der Waals surface area contributed by atoms with Crippen LogP contribution < -0.4 is 10.6 Å². The third kappa shape index (κ3) is 5.36. The first-order valence-corrected chi connectivity index (χ1v) is 11.1. The summed E-state index contributed by atoms with van der Waals surface area (Å²) in [6.07, 6.45) is 5.14. The summed E-state index contributed by atoms with van der Waals surface area (Å²) in [6, 6.07) is 6.08. The molecule has 174 valence electrons. The summed E-state index contributed by atoms with van der Waals surface area (Å²) in [5, 5.41) is 6.60. The van der Waals surface area contributed by atoms with Crippen molar-refractivity contribution in [2.24, 2.45) is 0 Å². The summed E-state index contributed by atoms with van der Waals surface area (Å²) in [4.78, 5) is 35.4. The van der Waals surface area contributed by atoms with E-state index in [1.54, 1.807) is 12.4 Å². The lowest BCUT2D eigenvalue weighted by Crippen LogP contribution is -2.53. The molecule has 1 unspecified atom stereocenters. The molecular formula is C24H27F2N5O2. The van der Waals surface area contributed by atoms with Crippen molar-refractivity contribution in [3.63, 3.8) is 0 Å². The van der Waals surface area contributed by atoms with E-state index in [0.29, 0.717) is 5.56 Å². The molecule has 33 heavy (non-hydrogen) atoms. The van der Waals surface area contributed by atoms with Crippen molar-refractivity contribution in [2.75, 3.05) is 13.1 Å². The Hall–Kier alpha value is -3.33. The van der Waals surface area contributed by atoms with E-state index in [-0.39, 0.29) is 24.9 Å². The van der Waals surface area contributed by atoms with E-state index in [4.69, 9.17) is 0 Å². The molecule has 0 saturated carbocycles. The summed E-state index contributed by atoms with van der Waals surface area (Å²) in [5.74, 6) is -2.58. The first-order chi connectivity index (χ1) is 15.9. The van der Waals surface area contributed by atoms with Gasteiger partial charge in [0.05, 0.1) is 6.04 Å². The van der Waals surface area contributed by atoms with Gasteiger partial charge in [-0.25, -0.2) is 13.8 Å². The maximum absolute atomic E-state index is 13.7. The Morgan fingerprint density at radius 1 is 1.21 bits per heavy atom. The fourth-order valence-electron chi connectivity index (χ4n) is 4.28. The van der Waals surface area contributed by atoms with Gasteiger partial charge in [-0.2, -0.15) is 0 Å². The molecule has 3 heterocycles. The molecule has 0 aliphatic carbocycles. The van der Waals surface area contributed by atoms with Gasteiger partial charge in [0, 0.05) is 30.7 Å². The summed E-state index contributed by atoms with van der Waals surface area (Å²) in [7, 11) is 0. The Labute approximate surface area is 190 Å². The monoisotopic (exact) mass is 455 g/mol.